The van der Waals surface area contributed by atoms with E-state index in [1.807, 2.05) is 37.3 Å². The number of carbonyl (C=O) groups excluding carboxylic acids is 1. The van der Waals surface area contributed by atoms with Crippen molar-refractivity contribution in [3.63, 3.8) is 0 Å². The van der Waals surface area contributed by atoms with Gasteiger partial charge in [-0.3, -0.25) is 9.89 Å². The van der Waals surface area contributed by atoms with Crippen LogP contribution in [0.2, 0.25) is 0 Å². The third-order valence-electron chi connectivity index (χ3n) is 3.29. The number of aromatic nitrogens is 2. The normalized spacial score (nSPS) is 10.5. The van der Waals surface area contributed by atoms with Crippen molar-refractivity contribution >= 4 is 5.91 Å². The number of aryl methyl sites for hydroxylation is 1. The third-order valence-corrected chi connectivity index (χ3v) is 3.29. The van der Waals surface area contributed by atoms with Crippen LogP contribution in [0.5, 0.6) is 0 Å². The van der Waals surface area contributed by atoms with Crippen LogP contribution >= 0.6 is 0 Å². The van der Waals surface area contributed by atoms with Gasteiger partial charge in [0.05, 0.1) is 12.0 Å². The van der Waals surface area contributed by atoms with Gasteiger partial charge in [0, 0.05) is 18.3 Å². The predicted octanol–water partition coefficient (Wildman–Crippen LogP) is 2.91. The molecule has 0 aliphatic rings. The van der Waals surface area contributed by atoms with E-state index in [0.717, 1.165) is 22.4 Å². The quantitative estimate of drug-likeness (QED) is 0.772. The Kier molecular flexibility index (Phi) is 3.55. The van der Waals surface area contributed by atoms with E-state index in [9.17, 15) is 4.79 Å². The van der Waals surface area contributed by atoms with Gasteiger partial charge in [-0.05, 0) is 30.2 Å². The molecule has 0 fully saturated rings. The molecule has 1 aromatic carbocycles. The molecule has 0 saturated carbocycles. The molecular formula is C16H15N3O2. The van der Waals surface area contributed by atoms with Crippen molar-refractivity contribution in [3.05, 3.63) is 65.7 Å². The second-order valence-electron chi connectivity index (χ2n) is 4.78. The molecule has 5 nitrogen and oxygen atoms in total. The summed E-state index contributed by atoms with van der Waals surface area (Å²) in [4.78, 5) is 11.9. The summed E-state index contributed by atoms with van der Waals surface area (Å²) >= 11 is 0. The van der Waals surface area contributed by atoms with Gasteiger partial charge in [-0.2, -0.15) is 5.10 Å². The topological polar surface area (TPSA) is 70.9 Å². The van der Waals surface area contributed by atoms with E-state index in [1.54, 1.807) is 12.3 Å². The lowest BCUT2D eigenvalue weighted by molar-refractivity contribution is 0.0922. The molecule has 0 aliphatic heterocycles. The van der Waals surface area contributed by atoms with Gasteiger partial charge in [0.1, 0.15) is 0 Å². The minimum Gasteiger partial charge on any atom is -0.459 e. The van der Waals surface area contributed by atoms with Crippen LogP contribution in [-0.2, 0) is 6.54 Å². The monoisotopic (exact) mass is 281 g/mol. The molecule has 0 saturated heterocycles. The summed E-state index contributed by atoms with van der Waals surface area (Å²) in [5.74, 6) is 0.166. The van der Waals surface area contributed by atoms with Crippen LogP contribution < -0.4 is 5.32 Å². The van der Waals surface area contributed by atoms with E-state index in [4.69, 9.17) is 4.42 Å². The summed E-state index contributed by atoms with van der Waals surface area (Å²) < 4.78 is 5.16. The van der Waals surface area contributed by atoms with Gasteiger partial charge in [0.25, 0.3) is 5.91 Å². The molecule has 0 radical (unpaired) electrons. The lowest BCUT2D eigenvalue weighted by Crippen LogP contribution is -2.22. The van der Waals surface area contributed by atoms with E-state index >= 15 is 0 Å². The Hall–Kier alpha value is -2.82. The molecule has 2 N–H and O–H groups in total. The molecule has 106 valence electrons. The van der Waals surface area contributed by atoms with E-state index in [0.29, 0.717) is 12.3 Å². The summed E-state index contributed by atoms with van der Waals surface area (Å²) in [6, 6.07) is 11.6. The highest BCUT2D eigenvalue weighted by Gasteiger charge is 2.11. The molecule has 0 bridgehead atoms. The molecule has 0 aliphatic carbocycles. The Labute approximate surface area is 122 Å². The number of carbonyl (C=O) groups is 1. The number of H-pyrrole nitrogens is 1. The standard InChI is InChI=1S/C16H15N3O2/c1-11-7-9-21-15(11)16(20)17-10-12-2-4-13(5-3-12)14-6-8-18-19-14/h2-9H,10H2,1H3,(H,17,20)(H,18,19). The van der Waals surface area contributed by atoms with Crippen LogP contribution in [0.25, 0.3) is 11.3 Å². The van der Waals surface area contributed by atoms with Crippen molar-refractivity contribution in [1.29, 1.82) is 0 Å². The maximum atomic E-state index is 11.9. The zero-order valence-electron chi connectivity index (χ0n) is 11.6. The molecule has 5 heteroatoms. The average Bonchev–Trinajstić information content (AvgIpc) is 3.16. The van der Waals surface area contributed by atoms with Crippen molar-refractivity contribution < 1.29 is 9.21 Å². The summed E-state index contributed by atoms with van der Waals surface area (Å²) in [7, 11) is 0. The third kappa shape index (κ3) is 2.86. The van der Waals surface area contributed by atoms with Gasteiger partial charge in [0.15, 0.2) is 5.76 Å². The fraction of sp³-hybridized carbons (Fsp3) is 0.125. The Morgan fingerprint density at radius 2 is 2.05 bits per heavy atom. The lowest BCUT2D eigenvalue weighted by Gasteiger charge is -2.05. The fourth-order valence-corrected chi connectivity index (χ4v) is 2.09. The maximum absolute atomic E-state index is 11.9. The minimum atomic E-state index is -0.199. The Morgan fingerprint density at radius 1 is 1.24 bits per heavy atom. The fourth-order valence-electron chi connectivity index (χ4n) is 2.09. The van der Waals surface area contributed by atoms with E-state index < -0.39 is 0 Å². The highest BCUT2D eigenvalue weighted by Crippen LogP contribution is 2.16. The summed E-state index contributed by atoms with van der Waals surface area (Å²) in [5, 5.41) is 9.68. The van der Waals surface area contributed by atoms with Gasteiger partial charge in [0.2, 0.25) is 0 Å². The molecule has 3 rings (SSSR count). The summed E-state index contributed by atoms with van der Waals surface area (Å²) in [6.07, 6.45) is 3.23. The number of benzene rings is 1. The highest BCUT2D eigenvalue weighted by molar-refractivity contribution is 5.92. The van der Waals surface area contributed by atoms with Gasteiger partial charge in [-0.25, -0.2) is 0 Å². The zero-order valence-corrected chi connectivity index (χ0v) is 11.6. The number of amides is 1. The number of furan rings is 1. The smallest absolute Gasteiger partial charge is 0.287 e. The maximum Gasteiger partial charge on any atom is 0.287 e. The Balaban J connectivity index is 1.64. The molecular weight excluding hydrogens is 266 g/mol. The zero-order chi connectivity index (χ0) is 14.7. The molecule has 1 amide bonds. The predicted molar refractivity (Wildman–Crippen MR) is 78.6 cm³/mol. The largest absolute Gasteiger partial charge is 0.459 e. The SMILES string of the molecule is Cc1ccoc1C(=O)NCc1ccc(-c2ccn[nH]2)cc1. The van der Waals surface area contributed by atoms with E-state index in [1.165, 1.54) is 6.26 Å². The van der Waals surface area contributed by atoms with Gasteiger partial charge in [-0.15, -0.1) is 0 Å². The first-order valence-electron chi connectivity index (χ1n) is 6.65. The highest BCUT2D eigenvalue weighted by atomic mass is 16.3. The molecule has 0 spiro atoms. The van der Waals surface area contributed by atoms with Crippen LogP contribution in [0.15, 0.2) is 53.3 Å². The van der Waals surface area contributed by atoms with Gasteiger partial charge >= 0.3 is 0 Å². The number of hydrogen-bond acceptors (Lipinski definition) is 3. The number of aromatic amines is 1. The van der Waals surface area contributed by atoms with Crippen molar-refractivity contribution in [2.24, 2.45) is 0 Å². The molecule has 2 heterocycles. The lowest BCUT2D eigenvalue weighted by atomic mass is 10.1. The van der Waals surface area contributed by atoms with E-state index in [-0.39, 0.29) is 5.91 Å². The second kappa shape index (κ2) is 5.66. The first-order valence-corrected chi connectivity index (χ1v) is 6.65. The van der Waals surface area contributed by atoms with Crippen molar-refractivity contribution in [3.8, 4) is 11.3 Å². The van der Waals surface area contributed by atoms with E-state index in [2.05, 4.69) is 15.5 Å². The van der Waals surface area contributed by atoms with Crippen LogP contribution in [0, 0.1) is 6.92 Å². The number of nitrogens with one attached hydrogen (secondary N) is 2. The number of rotatable bonds is 4. The average molecular weight is 281 g/mol. The summed E-state index contributed by atoms with van der Waals surface area (Å²) in [6.45, 7) is 2.31. The van der Waals surface area contributed by atoms with Crippen LogP contribution in [0.3, 0.4) is 0 Å². The van der Waals surface area contributed by atoms with Gasteiger partial charge < -0.3 is 9.73 Å². The molecule has 3 aromatic rings. The first kappa shape index (κ1) is 13.2. The number of nitrogens with zero attached hydrogens (tertiary/aromatic N) is 1. The van der Waals surface area contributed by atoms with Crippen molar-refractivity contribution in [2.45, 2.75) is 13.5 Å². The Bertz CT molecular complexity index is 727. The van der Waals surface area contributed by atoms with Crippen molar-refractivity contribution in [2.75, 3.05) is 0 Å². The second-order valence-corrected chi connectivity index (χ2v) is 4.78. The molecule has 0 atom stereocenters. The van der Waals surface area contributed by atoms with Crippen LogP contribution in [0.4, 0.5) is 0 Å². The minimum absolute atomic E-state index is 0.199. The molecule has 21 heavy (non-hydrogen) atoms. The van der Waals surface area contributed by atoms with Crippen LogP contribution in [0.1, 0.15) is 21.7 Å². The summed E-state index contributed by atoms with van der Waals surface area (Å²) in [5.41, 5.74) is 3.89. The van der Waals surface area contributed by atoms with Crippen LogP contribution in [-0.4, -0.2) is 16.1 Å². The van der Waals surface area contributed by atoms with Crippen molar-refractivity contribution in [1.82, 2.24) is 15.5 Å². The number of hydrogen-bond donors (Lipinski definition) is 2. The molecule has 0 unspecified atom stereocenters. The Morgan fingerprint density at radius 3 is 2.67 bits per heavy atom. The first-order chi connectivity index (χ1) is 10.2. The van der Waals surface area contributed by atoms with Gasteiger partial charge in [-0.1, -0.05) is 24.3 Å². The molecule has 2 aromatic heterocycles.